The fraction of sp³-hybridized carbons (Fsp3) is 0.188. The summed E-state index contributed by atoms with van der Waals surface area (Å²) in [6, 6.07) is 6.37. The standard InChI is InChI=1S/C16H14O6/c1-19-8-4-5-9-11(6-8)22-15-10(13(9)17)7-12(20-2)16(21-3)14(15)18/h4-7,18H,1-3H3. The van der Waals surface area contributed by atoms with E-state index in [4.69, 9.17) is 18.6 Å². The Bertz CT molecular complexity index is 925. The molecule has 0 radical (unpaired) electrons. The molecular weight excluding hydrogens is 288 g/mol. The first-order valence-electron chi connectivity index (χ1n) is 6.49. The number of methoxy groups -OCH3 is 3. The highest BCUT2D eigenvalue weighted by Crippen LogP contribution is 2.42. The Morgan fingerprint density at radius 2 is 1.77 bits per heavy atom. The number of rotatable bonds is 3. The number of hydrogen-bond donors (Lipinski definition) is 1. The maximum atomic E-state index is 12.6. The highest BCUT2D eigenvalue weighted by Gasteiger charge is 2.19. The molecule has 3 rings (SSSR count). The predicted octanol–water partition coefficient (Wildman–Crippen LogP) is 2.68. The summed E-state index contributed by atoms with van der Waals surface area (Å²) in [6.07, 6.45) is 0. The molecule has 0 aliphatic carbocycles. The van der Waals surface area contributed by atoms with Crippen LogP contribution in [0.15, 0.2) is 33.5 Å². The van der Waals surface area contributed by atoms with Gasteiger partial charge in [0.1, 0.15) is 11.3 Å². The van der Waals surface area contributed by atoms with E-state index in [1.807, 2.05) is 0 Å². The van der Waals surface area contributed by atoms with Gasteiger partial charge in [0.2, 0.25) is 16.9 Å². The van der Waals surface area contributed by atoms with Gasteiger partial charge < -0.3 is 23.7 Å². The lowest BCUT2D eigenvalue weighted by Crippen LogP contribution is -2.03. The van der Waals surface area contributed by atoms with Crippen molar-refractivity contribution in [2.24, 2.45) is 0 Å². The Morgan fingerprint density at radius 1 is 1.00 bits per heavy atom. The second kappa shape index (κ2) is 5.14. The van der Waals surface area contributed by atoms with Crippen LogP contribution in [0.1, 0.15) is 0 Å². The summed E-state index contributed by atoms with van der Waals surface area (Å²) in [7, 11) is 4.34. The molecule has 0 saturated heterocycles. The Morgan fingerprint density at radius 3 is 2.41 bits per heavy atom. The molecule has 22 heavy (non-hydrogen) atoms. The largest absolute Gasteiger partial charge is 0.502 e. The van der Waals surface area contributed by atoms with Crippen LogP contribution >= 0.6 is 0 Å². The van der Waals surface area contributed by atoms with Gasteiger partial charge in [0, 0.05) is 6.07 Å². The van der Waals surface area contributed by atoms with E-state index in [2.05, 4.69) is 0 Å². The minimum absolute atomic E-state index is 0.0448. The van der Waals surface area contributed by atoms with Crippen molar-refractivity contribution in [3.05, 3.63) is 34.5 Å². The van der Waals surface area contributed by atoms with Crippen LogP contribution in [0.5, 0.6) is 23.0 Å². The van der Waals surface area contributed by atoms with Crippen molar-refractivity contribution in [2.75, 3.05) is 21.3 Å². The van der Waals surface area contributed by atoms with E-state index in [0.29, 0.717) is 16.7 Å². The van der Waals surface area contributed by atoms with E-state index in [1.54, 1.807) is 18.2 Å². The molecular formula is C16H14O6. The quantitative estimate of drug-likeness (QED) is 0.749. The maximum absolute atomic E-state index is 12.6. The first kappa shape index (κ1) is 14.1. The highest BCUT2D eigenvalue weighted by molar-refractivity contribution is 5.95. The minimum atomic E-state index is -0.279. The third-order valence-corrected chi connectivity index (χ3v) is 3.49. The topological polar surface area (TPSA) is 78.1 Å². The molecule has 0 spiro atoms. The van der Waals surface area contributed by atoms with E-state index >= 15 is 0 Å². The molecule has 0 saturated carbocycles. The van der Waals surface area contributed by atoms with Crippen LogP contribution in [0.25, 0.3) is 21.9 Å². The van der Waals surface area contributed by atoms with Crippen LogP contribution in [-0.4, -0.2) is 26.4 Å². The first-order valence-corrected chi connectivity index (χ1v) is 6.49. The van der Waals surface area contributed by atoms with E-state index in [1.165, 1.54) is 27.4 Å². The summed E-state index contributed by atoms with van der Waals surface area (Å²) in [4.78, 5) is 12.6. The molecule has 0 bridgehead atoms. The number of fused-ring (bicyclic) bond motifs is 2. The summed E-state index contributed by atoms with van der Waals surface area (Å²) in [5.41, 5.74) is 0.0953. The Kier molecular flexibility index (Phi) is 3.29. The van der Waals surface area contributed by atoms with E-state index in [-0.39, 0.29) is 33.6 Å². The van der Waals surface area contributed by atoms with E-state index < -0.39 is 0 Å². The first-order chi connectivity index (χ1) is 10.6. The van der Waals surface area contributed by atoms with Gasteiger partial charge in [-0.05, 0) is 18.2 Å². The maximum Gasteiger partial charge on any atom is 0.207 e. The smallest absolute Gasteiger partial charge is 0.207 e. The van der Waals surface area contributed by atoms with Gasteiger partial charge in [0.25, 0.3) is 0 Å². The third kappa shape index (κ3) is 1.92. The van der Waals surface area contributed by atoms with Crippen molar-refractivity contribution in [2.45, 2.75) is 0 Å². The van der Waals surface area contributed by atoms with Gasteiger partial charge in [0.15, 0.2) is 11.3 Å². The molecule has 0 aliphatic rings. The molecule has 1 aromatic heterocycles. The summed E-state index contributed by atoms with van der Waals surface area (Å²) < 4.78 is 21.0. The molecule has 6 heteroatoms. The van der Waals surface area contributed by atoms with Crippen molar-refractivity contribution in [3.8, 4) is 23.0 Å². The summed E-state index contributed by atoms with van der Waals surface area (Å²) in [5, 5.41) is 10.9. The Labute approximate surface area is 125 Å². The van der Waals surface area contributed by atoms with Crippen molar-refractivity contribution in [3.63, 3.8) is 0 Å². The zero-order chi connectivity index (χ0) is 15.9. The molecule has 0 aliphatic heterocycles. The van der Waals surface area contributed by atoms with Crippen LogP contribution in [0, 0.1) is 0 Å². The van der Waals surface area contributed by atoms with Gasteiger partial charge in [-0.3, -0.25) is 4.79 Å². The van der Waals surface area contributed by atoms with Crippen LogP contribution in [0.2, 0.25) is 0 Å². The van der Waals surface area contributed by atoms with Crippen molar-refractivity contribution in [1.29, 1.82) is 0 Å². The lowest BCUT2D eigenvalue weighted by Gasteiger charge is -2.11. The second-order valence-corrected chi connectivity index (χ2v) is 4.63. The van der Waals surface area contributed by atoms with Crippen molar-refractivity contribution < 1.29 is 23.7 Å². The molecule has 6 nitrogen and oxygen atoms in total. The lowest BCUT2D eigenvalue weighted by molar-refractivity contribution is 0.333. The summed E-state index contributed by atoms with van der Waals surface area (Å²) in [5.74, 6) is 0.640. The molecule has 3 aromatic rings. The zero-order valence-corrected chi connectivity index (χ0v) is 12.3. The molecule has 0 atom stereocenters. The number of benzene rings is 2. The number of ether oxygens (including phenoxy) is 3. The Hall–Kier alpha value is -2.89. The van der Waals surface area contributed by atoms with Gasteiger partial charge in [-0.25, -0.2) is 0 Å². The average Bonchev–Trinajstić information content (AvgIpc) is 2.55. The van der Waals surface area contributed by atoms with Gasteiger partial charge >= 0.3 is 0 Å². The monoisotopic (exact) mass is 302 g/mol. The molecule has 1 heterocycles. The van der Waals surface area contributed by atoms with Crippen molar-refractivity contribution in [1.82, 2.24) is 0 Å². The average molecular weight is 302 g/mol. The highest BCUT2D eigenvalue weighted by atomic mass is 16.5. The summed E-state index contributed by atoms with van der Waals surface area (Å²) in [6.45, 7) is 0. The van der Waals surface area contributed by atoms with E-state index in [0.717, 1.165) is 0 Å². The SMILES string of the molecule is COc1ccc2c(=O)c3cc(OC)c(OC)c(O)c3oc2c1. The van der Waals surface area contributed by atoms with Crippen LogP contribution in [-0.2, 0) is 0 Å². The normalized spacial score (nSPS) is 10.9. The number of phenolic OH excluding ortho intramolecular Hbond substituents is 1. The number of aromatic hydroxyl groups is 1. The molecule has 0 unspecified atom stereocenters. The van der Waals surface area contributed by atoms with Crippen LogP contribution < -0.4 is 19.6 Å². The molecule has 0 fully saturated rings. The van der Waals surface area contributed by atoms with Gasteiger partial charge in [0.05, 0.1) is 32.1 Å². The lowest BCUT2D eigenvalue weighted by atomic mass is 10.1. The summed E-state index contributed by atoms with van der Waals surface area (Å²) >= 11 is 0. The van der Waals surface area contributed by atoms with Gasteiger partial charge in [-0.1, -0.05) is 0 Å². The molecule has 1 N–H and O–H groups in total. The van der Waals surface area contributed by atoms with Crippen molar-refractivity contribution >= 4 is 21.9 Å². The molecule has 0 amide bonds. The number of hydrogen-bond acceptors (Lipinski definition) is 6. The molecule has 2 aromatic carbocycles. The second-order valence-electron chi connectivity index (χ2n) is 4.63. The van der Waals surface area contributed by atoms with Gasteiger partial charge in [-0.2, -0.15) is 0 Å². The van der Waals surface area contributed by atoms with E-state index in [9.17, 15) is 9.90 Å². The fourth-order valence-corrected chi connectivity index (χ4v) is 2.39. The van der Waals surface area contributed by atoms with Crippen LogP contribution in [0.4, 0.5) is 0 Å². The predicted molar refractivity (Wildman–Crippen MR) is 81.3 cm³/mol. The minimum Gasteiger partial charge on any atom is -0.502 e. The van der Waals surface area contributed by atoms with Crippen LogP contribution in [0.3, 0.4) is 0 Å². The third-order valence-electron chi connectivity index (χ3n) is 3.49. The zero-order valence-electron chi connectivity index (χ0n) is 12.3. The Balaban J connectivity index is 2.49. The molecule has 114 valence electrons. The fourth-order valence-electron chi connectivity index (χ4n) is 2.39. The number of phenols is 1. The van der Waals surface area contributed by atoms with Gasteiger partial charge in [-0.15, -0.1) is 0 Å².